The predicted octanol–water partition coefficient (Wildman–Crippen LogP) is 1.75. The standard InChI is InChI=1S/C19H26N2O5S/c1-3-26-18(22)12-17-19(23)20-15-6-4-5-7-16(15)21(17)27(24,25)14-10-8-13(2)9-11-14/h8-11,15-17H,3-7,12H2,1-2H3,(H,20,23). The third-order valence-electron chi connectivity index (χ3n) is 5.26. The van der Waals surface area contributed by atoms with E-state index in [0.717, 1.165) is 24.8 Å². The number of carbonyl (C=O) groups excluding carboxylic acids is 2. The van der Waals surface area contributed by atoms with Crippen LogP contribution in [0.5, 0.6) is 0 Å². The quantitative estimate of drug-likeness (QED) is 0.768. The van der Waals surface area contributed by atoms with Gasteiger partial charge < -0.3 is 10.1 Å². The lowest BCUT2D eigenvalue weighted by Crippen LogP contribution is -2.67. The highest BCUT2D eigenvalue weighted by Crippen LogP contribution is 2.34. The molecule has 1 aliphatic heterocycles. The number of hydrogen-bond donors (Lipinski definition) is 1. The van der Waals surface area contributed by atoms with E-state index in [4.69, 9.17) is 4.74 Å². The first kappa shape index (κ1) is 19.8. The number of aryl methyl sites for hydroxylation is 1. The minimum Gasteiger partial charge on any atom is -0.466 e. The fraction of sp³-hybridized carbons (Fsp3) is 0.579. The van der Waals surface area contributed by atoms with Crippen LogP contribution in [0.15, 0.2) is 29.2 Å². The zero-order chi connectivity index (χ0) is 19.6. The Morgan fingerprint density at radius 1 is 1.22 bits per heavy atom. The van der Waals surface area contributed by atoms with E-state index in [2.05, 4.69) is 5.32 Å². The molecule has 1 aliphatic carbocycles. The molecule has 3 rings (SSSR count). The predicted molar refractivity (Wildman–Crippen MR) is 99.4 cm³/mol. The maximum atomic E-state index is 13.4. The molecule has 0 aromatic heterocycles. The minimum absolute atomic E-state index is 0.140. The first-order valence-corrected chi connectivity index (χ1v) is 10.8. The number of esters is 1. The van der Waals surface area contributed by atoms with Crippen LogP contribution in [0.3, 0.4) is 0 Å². The Kier molecular flexibility index (Phi) is 5.86. The summed E-state index contributed by atoms with van der Waals surface area (Å²) in [4.78, 5) is 24.9. The number of sulfonamides is 1. The number of amides is 1. The summed E-state index contributed by atoms with van der Waals surface area (Å²) in [5.74, 6) is -1.00. The van der Waals surface area contributed by atoms with Gasteiger partial charge in [-0.25, -0.2) is 8.42 Å². The van der Waals surface area contributed by atoms with Gasteiger partial charge in [0.1, 0.15) is 6.04 Å². The van der Waals surface area contributed by atoms with Gasteiger partial charge in [0, 0.05) is 12.1 Å². The zero-order valence-electron chi connectivity index (χ0n) is 15.7. The third-order valence-corrected chi connectivity index (χ3v) is 7.20. The molecule has 1 heterocycles. The molecule has 1 amide bonds. The minimum atomic E-state index is -3.93. The Balaban J connectivity index is 2.01. The van der Waals surface area contributed by atoms with E-state index in [-0.39, 0.29) is 30.0 Å². The Labute approximate surface area is 160 Å². The van der Waals surface area contributed by atoms with E-state index in [9.17, 15) is 18.0 Å². The number of fused-ring (bicyclic) bond motifs is 1. The molecule has 0 bridgehead atoms. The summed E-state index contributed by atoms with van der Waals surface area (Å²) in [6.07, 6.45) is 2.96. The van der Waals surface area contributed by atoms with E-state index in [0.29, 0.717) is 6.42 Å². The van der Waals surface area contributed by atoms with Crippen LogP contribution in [-0.2, 0) is 24.3 Å². The second-order valence-electron chi connectivity index (χ2n) is 7.14. The van der Waals surface area contributed by atoms with Crippen LogP contribution in [0, 0.1) is 6.92 Å². The highest BCUT2D eigenvalue weighted by molar-refractivity contribution is 7.89. The molecule has 1 aromatic rings. The van der Waals surface area contributed by atoms with Crippen molar-refractivity contribution in [2.45, 2.75) is 69.0 Å². The highest BCUT2D eigenvalue weighted by atomic mass is 32.2. The molecule has 1 N–H and O–H groups in total. The van der Waals surface area contributed by atoms with Crippen molar-refractivity contribution in [3.05, 3.63) is 29.8 Å². The normalized spacial score (nSPS) is 26.1. The zero-order valence-corrected chi connectivity index (χ0v) is 16.5. The maximum Gasteiger partial charge on any atom is 0.307 e. The molecule has 8 heteroatoms. The van der Waals surface area contributed by atoms with Gasteiger partial charge in [-0.05, 0) is 38.8 Å². The van der Waals surface area contributed by atoms with E-state index >= 15 is 0 Å². The molecule has 2 fully saturated rings. The molecule has 1 aromatic carbocycles. The van der Waals surface area contributed by atoms with Crippen molar-refractivity contribution in [1.82, 2.24) is 9.62 Å². The average Bonchev–Trinajstić information content (AvgIpc) is 2.62. The summed E-state index contributed by atoms with van der Waals surface area (Å²) < 4.78 is 33.1. The van der Waals surface area contributed by atoms with Gasteiger partial charge in [0.25, 0.3) is 0 Å². The first-order chi connectivity index (χ1) is 12.8. The van der Waals surface area contributed by atoms with Crippen molar-refractivity contribution in [2.75, 3.05) is 6.61 Å². The smallest absolute Gasteiger partial charge is 0.307 e. The second-order valence-corrected chi connectivity index (χ2v) is 8.98. The summed E-state index contributed by atoms with van der Waals surface area (Å²) in [7, 11) is -3.93. The fourth-order valence-corrected chi connectivity index (χ4v) is 5.79. The summed E-state index contributed by atoms with van der Waals surface area (Å²) in [5, 5.41) is 2.93. The van der Waals surface area contributed by atoms with Gasteiger partial charge in [0.15, 0.2) is 0 Å². The number of rotatable bonds is 5. The summed E-state index contributed by atoms with van der Waals surface area (Å²) in [6, 6.07) is 4.92. The number of piperazine rings is 1. The van der Waals surface area contributed by atoms with Gasteiger partial charge in [-0.1, -0.05) is 30.5 Å². The van der Waals surface area contributed by atoms with Gasteiger partial charge in [-0.3, -0.25) is 9.59 Å². The number of nitrogens with zero attached hydrogens (tertiary/aromatic N) is 1. The molecule has 0 radical (unpaired) electrons. The van der Waals surface area contributed by atoms with Crippen molar-refractivity contribution in [2.24, 2.45) is 0 Å². The highest BCUT2D eigenvalue weighted by Gasteiger charge is 2.49. The first-order valence-electron chi connectivity index (χ1n) is 9.40. The Morgan fingerprint density at radius 3 is 2.56 bits per heavy atom. The van der Waals surface area contributed by atoms with Gasteiger partial charge in [-0.2, -0.15) is 4.31 Å². The molecule has 3 atom stereocenters. The Hall–Kier alpha value is -1.93. The van der Waals surface area contributed by atoms with Crippen LogP contribution in [-0.4, -0.2) is 49.3 Å². The van der Waals surface area contributed by atoms with Gasteiger partial charge >= 0.3 is 5.97 Å². The van der Waals surface area contributed by atoms with Crippen molar-refractivity contribution >= 4 is 21.9 Å². The molecule has 1 saturated heterocycles. The van der Waals surface area contributed by atoms with Crippen molar-refractivity contribution in [3.63, 3.8) is 0 Å². The van der Waals surface area contributed by atoms with Gasteiger partial charge in [0.2, 0.25) is 15.9 Å². The molecule has 148 valence electrons. The van der Waals surface area contributed by atoms with E-state index in [1.807, 2.05) is 6.92 Å². The van der Waals surface area contributed by atoms with Crippen molar-refractivity contribution in [1.29, 1.82) is 0 Å². The van der Waals surface area contributed by atoms with Crippen LogP contribution in [0.4, 0.5) is 0 Å². The number of benzene rings is 1. The van der Waals surface area contributed by atoms with Gasteiger partial charge in [-0.15, -0.1) is 0 Å². The van der Waals surface area contributed by atoms with Crippen molar-refractivity contribution < 1.29 is 22.7 Å². The maximum absolute atomic E-state index is 13.4. The van der Waals surface area contributed by atoms with Crippen LogP contribution < -0.4 is 5.32 Å². The van der Waals surface area contributed by atoms with Crippen LogP contribution in [0.1, 0.15) is 44.6 Å². The largest absolute Gasteiger partial charge is 0.466 e. The molecule has 7 nitrogen and oxygen atoms in total. The lowest BCUT2D eigenvalue weighted by molar-refractivity contribution is -0.148. The third kappa shape index (κ3) is 4.01. The summed E-state index contributed by atoms with van der Waals surface area (Å²) in [5.41, 5.74) is 0.948. The molecule has 3 unspecified atom stereocenters. The lowest BCUT2D eigenvalue weighted by atomic mass is 9.87. The van der Waals surface area contributed by atoms with Crippen LogP contribution in [0.2, 0.25) is 0 Å². The topological polar surface area (TPSA) is 92.8 Å². The van der Waals surface area contributed by atoms with Crippen LogP contribution >= 0.6 is 0 Å². The molecule has 2 aliphatic rings. The number of hydrogen-bond acceptors (Lipinski definition) is 5. The summed E-state index contributed by atoms with van der Waals surface area (Å²) >= 11 is 0. The average molecular weight is 394 g/mol. The Morgan fingerprint density at radius 2 is 1.89 bits per heavy atom. The number of carbonyl (C=O) groups is 2. The number of nitrogens with one attached hydrogen (secondary N) is 1. The summed E-state index contributed by atoms with van der Waals surface area (Å²) in [6.45, 7) is 3.74. The lowest BCUT2D eigenvalue weighted by Gasteiger charge is -2.46. The van der Waals surface area contributed by atoms with Crippen LogP contribution in [0.25, 0.3) is 0 Å². The second kappa shape index (κ2) is 7.98. The Bertz CT molecular complexity index is 806. The van der Waals surface area contributed by atoms with E-state index in [1.54, 1.807) is 31.2 Å². The fourth-order valence-electron chi connectivity index (χ4n) is 3.95. The van der Waals surface area contributed by atoms with E-state index < -0.39 is 27.9 Å². The molecule has 1 saturated carbocycles. The van der Waals surface area contributed by atoms with Gasteiger partial charge in [0.05, 0.1) is 17.9 Å². The molecular weight excluding hydrogens is 368 g/mol. The van der Waals surface area contributed by atoms with E-state index in [1.165, 1.54) is 4.31 Å². The SMILES string of the molecule is CCOC(=O)CC1C(=O)NC2CCCCC2N1S(=O)(=O)c1ccc(C)cc1. The monoisotopic (exact) mass is 394 g/mol. The molecular formula is C19H26N2O5S. The molecule has 27 heavy (non-hydrogen) atoms. The number of ether oxygens (including phenoxy) is 1. The van der Waals surface area contributed by atoms with Crippen molar-refractivity contribution in [3.8, 4) is 0 Å². The molecule has 0 spiro atoms.